The minimum atomic E-state index is -2.03. The van der Waals surface area contributed by atoms with Crippen molar-refractivity contribution in [2.45, 2.75) is 103 Å². The maximum atomic E-state index is 8.44. The minimum Gasteiger partial charge on any atom is 0 e. The quantitative estimate of drug-likeness (QED) is 0.0905. The molecule has 0 aliphatic rings. The summed E-state index contributed by atoms with van der Waals surface area (Å²) >= 11 is -0.158. The molecule has 6 heteroatoms. The number of fused-ring (bicyclic) bond motifs is 8. The zero-order valence-corrected chi connectivity index (χ0v) is 45.7. The van der Waals surface area contributed by atoms with Gasteiger partial charge in [0.1, 0.15) is 0 Å². The van der Waals surface area contributed by atoms with Crippen LogP contribution >= 0.6 is 11.3 Å². The van der Waals surface area contributed by atoms with Gasteiger partial charge in [0.2, 0.25) is 0 Å². The van der Waals surface area contributed by atoms with Crippen molar-refractivity contribution in [1.82, 2.24) is 14.5 Å². The van der Waals surface area contributed by atoms with E-state index in [0.29, 0.717) is 11.8 Å². The summed E-state index contributed by atoms with van der Waals surface area (Å²) in [4.78, 5) is 9.94. The van der Waals surface area contributed by atoms with E-state index in [0.717, 1.165) is 39.2 Å². The first kappa shape index (κ1) is 46.2. The predicted octanol–water partition coefficient (Wildman–Crippen LogP) is 16.9. The van der Waals surface area contributed by atoms with Gasteiger partial charge in [0.25, 0.3) is 0 Å². The topological polar surface area (TPSA) is 30.7 Å². The SMILES string of the molecule is CC(C)c1cc(C(C)(C)C)cc(C(C)C)c1-n1c(-c2[c-]cc3sc4c(ccc5c6ccccc6ccc54)c3c2)nc2ccccc21.[2H]C(C)(C)c1cc(-c2[c-]cccc2)nc[c]1[Ge]([CH3])([CH3])[CH3].[Ir]. The smallest absolute Gasteiger partial charge is 0 e. The van der Waals surface area contributed by atoms with Crippen LogP contribution in [0.3, 0.4) is 0 Å². The van der Waals surface area contributed by atoms with E-state index in [1.165, 1.54) is 68.5 Å². The molecule has 0 spiro atoms. The molecule has 0 N–H and O–H groups in total. The molecule has 1 radical (unpaired) electrons. The van der Waals surface area contributed by atoms with Crippen molar-refractivity contribution in [2.75, 3.05) is 0 Å². The normalized spacial score (nSPS) is 12.6. The monoisotopic (exact) mass is 1120 g/mol. The Morgan fingerprint density at radius 1 is 0.667 bits per heavy atom. The van der Waals surface area contributed by atoms with Crippen LogP contribution in [-0.4, -0.2) is 27.8 Å². The maximum Gasteiger partial charge on any atom is 0 e. The van der Waals surface area contributed by atoms with E-state index in [9.17, 15) is 0 Å². The number of benzene rings is 7. The van der Waals surface area contributed by atoms with Crippen molar-refractivity contribution in [3.05, 3.63) is 168 Å². The summed E-state index contributed by atoms with van der Waals surface area (Å²) < 4.78 is 14.8. The molecule has 0 bridgehead atoms. The van der Waals surface area contributed by atoms with Gasteiger partial charge in [-0.3, -0.25) is 4.98 Å². The van der Waals surface area contributed by atoms with Crippen molar-refractivity contribution in [2.24, 2.45) is 0 Å². The van der Waals surface area contributed by atoms with Crippen molar-refractivity contribution < 1.29 is 21.5 Å². The minimum absolute atomic E-state index is 0. The molecule has 0 saturated heterocycles. The number of para-hydroxylation sites is 2. The van der Waals surface area contributed by atoms with Crippen molar-refractivity contribution >= 4 is 81.7 Å². The third kappa shape index (κ3) is 8.97. The molecule has 0 aliphatic carbocycles. The fourth-order valence-electron chi connectivity index (χ4n) is 9.25. The Morgan fingerprint density at radius 3 is 1.98 bits per heavy atom. The number of pyridine rings is 1. The third-order valence-corrected chi connectivity index (χ3v) is 18.3. The van der Waals surface area contributed by atoms with Crippen LogP contribution in [0.2, 0.25) is 17.3 Å². The summed E-state index contributed by atoms with van der Waals surface area (Å²) in [6.07, 6.45) is 2.00. The molecule has 337 valence electrons. The van der Waals surface area contributed by atoms with Crippen LogP contribution in [0.1, 0.15) is 104 Å². The van der Waals surface area contributed by atoms with Gasteiger partial charge >= 0.3 is 120 Å². The molecule has 0 fully saturated rings. The van der Waals surface area contributed by atoms with Gasteiger partial charge in [-0.2, -0.15) is 11.3 Å². The number of imidazole rings is 1. The summed E-state index contributed by atoms with van der Waals surface area (Å²) in [7, 11) is 0. The Bertz CT molecular complexity index is 3410. The third-order valence-electron chi connectivity index (χ3n) is 12.8. The Balaban J connectivity index is 0.000000244. The van der Waals surface area contributed by atoms with Crippen LogP contribution < -0.4 is 4.40 Å². The molecular weight excluding hydrogens is 1060 g/mol. The molecule has 0 amide bonds. The molecule has 7 aromatic carbocycles. The molecule has 10 rings (SSSR count). The van der Waals surface area contributed by atoms with E-state index >= 15 is 0 Å². The number of thiophene rings is 1. The Labute approximate surface area is 413 Å². The standard InChI is InChI=1S/C43H39N2S.C17H22GeN.Ir/c1-25(2)34-23-29(43(5,6)7)24-35(26(3)4)40(34)45-38-15-11-10-14-37(38)44-42(45)28-17-21-39-36(22-28)33-20-19-31-30-13-9-8-12-27(30)16-18-32(31)41(33)46-39;1-13(2)15-11-17(14-9-7-6-8-10-14)19-12-16(15)18(3,4)5;/h8-16,18-26H,1-7H3;6-9,11-13H,1-5H3;/q2*-1;/i;13D;. The van der Waals surface area contributed by atoms with Crippen LogP contribution in [0.5, 0.6) is 0 Å². The fraction of sp³-hybridized carbons (Fsp3) is 0.267. The summed E-state index contributed by atoms with van der Waals surface area (Å²) in [6.45, 7) is 20.1. The van der Waals surface area contributed by atoms with E-state index in [1.54, 1.807) is 0 Å². The van der Waals surface area contributed by atoms with Gasteiger partial charge in [-0.1, -0.05) is 127 Å². The van der Waals surface area contributed by atoms with E-state index in [4.69, 9.17) is 6.35 Å². The van der Waals surface area contributed by atoms with Gasteiger partial charge in [0.05, 0.1) is 16.9 Å². The van der Waals surface area contributed by atoms with Crippen molar-refractivity contribution in [3.63, 3.8) is 0 Å². The average molecular weight is 1120 g/mol. The molecule has 10 aromatic rings. The van der Waals surface area contributed by atoms with Gasteiger partial charge in [0.15, 0.2) is 0 Å². The van der Waals surface area contributed by atoms with Gasteiger partial charge in [0, 0.05) is 30.5 Å². The van der Waals surface area contributed by atoms with Crippen LogP contribution in [-0.2, 0) is 25.5 Å². The molecule has 0 aliphatic heterocycles. The summed E-state index contributed by atoms with van der Waals surface area (Å²) in [5, 5.41) is 7.76. The number of aromatic nitrogens is 3. The summed E-state index contributed by atoms with van der Waals surface area (Å²) in [5.41, 5.74) is 11.6. The fourth-order valence-corrected chi connectivity index (χ4v) is 13.8. The second-order valence-electron chi connectivity index (χ2n) is 20.5. The molecule has 3 nitrogen and oxygen atoms in total. The molecule has 66 heavy (non-hydrogen) atoms. The van der Waals surface area contributed by atoms with E-state index in [1.807, 2.05) is 55.6 Å². The molecule has 3 aromatic heterocycles. The van der Waals surface area contributed by atoms with Gasteiger partial charge in [-0.25, -0.2) is 0 Å². The summed E-state index contributed by atoms with van der Waals surface area (Å²) in [6, 6.07) is 52.7. The Hall–Kier alpha value is -4.91. The van der Waals surface area contributed by atoms with Crippen LogP contribution in [0, 0.1) is 12.1 Å². The first-order valence-corrected chi connectivity index (χ1v) is 31.3. The zero-order chi connectivity index (χ0) is 46.9. The Kier molecular flexibility index (Phi) is 13.1. The van der Waals surface area contributed by atoms with Gasteiger partial charge < -0.3 is 4.57 Å². The van der Waals surface area contributed by atoms with E-state index < -0.39 is 19.2 Å². The maximum absolute atomic E-state index is 8.44. The number of nitrogens with zero attached hydrogens (tertiary/aromatic N) is 3. The van der Waals surface area contributed by atoms with E-state index in [2.05, 4.69) is 191 Å². The predicted molar refractivity (Wildman–Crippen MR) is 286 cm³/mol. The average Bonchev–Trinajstić information content (AvgIpc) is 3.86. The zero-order valence-electron chi connectivity index (χ0n) is 41.4. The van der Waals surface area contributed by atoms with E-state index in [-0.39, 0.29) is 25.5 Å². The van der Waals surface area contributed by atoms with Crippen molar-refractivity contribution in [3.8, 4) is 28.3 Å². The largest absolute Gasteiger partial charge is 0 e. The molecule has 0 unspecified atom stereocenters. The first-order valence-electron chi connectivity index (χ1n) is 23.6. The first-order chi connectivity index (χ1) is 31.3. The second kappa shape index (κ2) is 18.6. The van der Waals surface area contributed by atoms with Gasteiger partial charge in [-0.15, -0.1) is 23.8 Å². The summed E-state index contributed by atoms with van der Waals surface area (Å²) in [5.74, 6) is 8.09. The molecule has 0 saturated carbocycles. The number of rotatable bonds is 7. The van der Waals surface area contributed by atoms with Crippen LogP contribution in [0.4, 0.5) is 0 Å². The second-order valence-corrected chi connectivity index (χ2v) is 32.1. The molecule has 0 atom stereocenters. The van der Waals surface area contributed by atoms with Crippen LogP contribution in [0.15, 0.2) is 134 Å². The number of hydrogen-bond acceptors (Lipinski definition) is 3. The van der Waals surface area contributed by atoms with Gasteiger partial charge in [-0.05, 0) is 77.7 Å². The Morgan fingerprint density at radius 2 is 1.32 bits per heavy atom. The molecular formula is C60H61GeIrN3S-2. The number of hydrogen-bond donors (Lipinski definition) is 0. The van der Waals surface area contributed by atoms with Crippen LogP contribution in [0.25, 0.3) is 81.1 Å². The van der Waals surface area contributed by atoms with Crippen molar-refractivity contribution in [1.29, 1.82) is 0 Å². The molecule has 3 heterocycles.